The number of alkyl halides is 2. The van der Waals surface area contributed by atoms with Crippen LogP contribution in [0, 0.1) is 5.92 Å². The van der Waals surface area contributed by atoms with E-state index in [-0.39, 0.29) is 5.75 Å². The molecule has 0 spiro atoms. The monoisotopic (exact) mass is 352 g/mol. The van der Waals surface area contributed by atoms with Crippen molar-refractivity contribution in [3.8, 4) is 5.75 Å². The van der Waals surface area contributed by atoms with Gasteiger partial charge in [0, 0.05) is 38.3 Å². The molecule has 0 radical (unpaired) electrons. The highest BCUT2D eigenvalue weighted by Crippen LogP contribution is 2.31. The number of rotatable bonds is 7. The van der Waals surface area contributed by atoms with Crippen molar-refractivity contribution in [2.75, 3.05) is 26.7 Å². The summed E-state index contributed by atoms with van der Waals surface area (Å²) in [6.07, 6.45) is 3.92. The summed E-state index contributed by atoms with van der Waals surface area (Å²) in [4.78, 5) is 6.80. The SMILES string of the molecule is CN=C(NCc1ccccc1OC(F)F)NCC1CCN(C2CC2)C1. The molecule has 1 aliphatic carbocycles. The Bertz CT molecular complexity index is 592. The molecule has 1 atom stereocenters. The van der Waals surface area contributed by atoms with E-state index in [4.69, 9.17) is 0 Å². The zero-order valence-electron chi connectivity index (χ0n) is 14.5. The van der Waals surface area contributed by atoms with Gasteiger partial charge < -0.3 is 20.3 Å². The van der Waals surface area contributed by atoms with Gasteiger partial charge in [-0.05, 0) is 37.8 Å². The van der Waals surface area contributed by atoms with Crippen molar-refractivity contribution in [2.24, 2.45) is 10.9 Å². The smallest absolute Gasteiger partial charge is 0.387 e. The van der Waals surface area contributed by atoms with Crippen LogP contribution in [0.4, 0.5) is 8.78 Å². The Kier molecular flexibility index (Phi) is 6.07. The summed E-state index contributed by atoms with van der Waals surface area (Å²) in [6.45, 7) is 0.774. The molecule has 138 valence electrons. The van der Waals surface area contributed by atoms with Crippen molar-refractivity contribution in [2.45, 2.75) is 38.5 Å². The number of halogens is 2. The van der Waals surface area contributed by atoms with Crippen LogP contribution in [-0.2, 0) is 6.54 Å². The molecule has 7 heteroatoms. The van der Waals surface area contributed by atoms with Crippen molar-refractivity contribution < 1.29 is 13.5 Å². The Balaban J connectivity index is 1.45. The summed E-state index contributed by atoms with van der Waals surface area (Å²) in [5.74, 6) is 1.50. The third kappa shape index (κ3) is 5.29. The lowest BCUT2D eigenvalue weighted by Crippen LogP contribution is -2.40. The van der Waals surface area contributed by atoms with Gasteiger partial charge in [0.1, 0.15) is 5.75 Å². The number of para-hydroxylation sites is 1. The quantitative estimate of drug-likeness (QED) is 0.585. The molecule has 25 heavy (non-hydrogen) atoms. The fraction of sp³-hybridized carbons (Fsp3) is 0.611. The van der Waals surface area contributed by atoms with Crippen LogP contribution < -0.4 is 15.4 Å². The first-order valence-electron chi connectivity index (χ1n) is 8.87. The van der Waals surface area contributed by atoms with Gasteiger partial charge in [0.05, 0.1) is 0 Å². The average molecular weight is 352 g/mol. The molecule has 1 heterocycles. The summed E-state index contributed by atoms with van der Waals surface area (Å²) in [5.41, 5.74) is 0.673. The number of hydrogen-bond acceptors (Lipinski definition) is 3. The molecule has 0 bridgehead atoms. The zero-order valence-corrected chi connectivity index (χ0v) is 14.5. The molecule has 2 N–H and O–H groups in total. The molecule has 1 aliphatic heterocycles. The highest BCUT2D eigenvalue weighted by molar-refractivity contribution is 5.79. The summed E-state index contributed by atoms with van der Waals surface area (Å²) < 4.78 is 29.5. The molecule has 1 aromatic carbocycles. The molecule has 2 fully saturated rings. The number of guanidine groups is 1. The molecule has 3 rings (SSSR count). The van der Waals surface area contributed by atoms with E-state index in [0.29, 0.717) is 24.0 Å². The normalized spacial score (nSPS) is 21.6. The maximum atomic E-state index is 12.5. The lowest BCUT2D eigenvalue weighted by molar-refractivity contribution is -0.0504. The highest BCUT2D eigenvalue weighted by Gasteiger charge is 2.34. The fourth-order valence-corrected chi connectivity index (χ4v) is 3.30. The Labute approximate surface area is 147 Å². The highest BCUT2D eigenvalue weighted by atomic mass is 19.3. The van der Waals surface area contributed by atoms with Gasteiger partial charge in [-0.1, -0.05) is 18.2 Å². The van der Waals surface area contributed by atoms with E-state index in [9.17, 15) is 8.78 Å². The van der Waals surface area contributed by atoms with Gasteiger partial charge in [0.25, 0.3) is 0 Å². The first kappa shape index (κ1) is 17.9. The van der Waals surface area contributed by atoms with Crippen molar-refractivity contribution in [1.82, 2.24) is 15.5 Å². The van der Waals surface area contributed by atoms with Crippen LogP contribution in [0.5, 0.6) is 5.75 Å². The third-order valence-corrected chi connectivity index (χ3v) is 4.80. The second-order valence-electron chi connectivity index (χ2n) is 6.67. The van der Waals surface area contributed by atoms with Gasteiger partial charge in [-0.25, -0.2) is 0 Å². The summed E-state index contributed by atoms with van der Waals surface area (Å²) >= 11 is 0. The lowest BCUT2D eigenvalue weighted by atomic mass is 10.1. The number of aliphatic imine (C=N–C) groups is 1. The molecule has 1 saturated carbocycles. The molecule has 5 nitrogen and oxygen atoms in total. The van der Waals surface area contributed by atoms with Gasteiger partial charge in [0.15, 0.2) is 5.96 Å². The molecule has 0 amide bonds. The Morgan fingerprint density at radius 2 is 2.08 bits per heavy atom. The number of hydrogen-bond donors (Lipinski definition) is 2. The molecule has 1 saturated heterocycles. The van der Waals surface area contributed by atoms with E-state index < -0.39 is 6.61 Å². The van der Waals surface area contributed by atoms with E-state index in [2.05, 4.69) is 25.3 Å². The van der Waals surface area contributed by atoms with Crippen LogP contribution in [0.25, 0.3) is 0 Å². The zero-order chi connectivity index (χ0) is 17.6. The van der Waals surface area contributed by atoms with Crippen molar-refractivity contribution >= 4 is 5.96 Å². The van der Waals surface area contributed by atoms with Crippen LogP contribution in [0.3, 0.4) is 0 Å². The topological polar surface area (TPSA) is 48.9 Å². The average Bonchev–Trinajstić information content (AvgIpc) is 3.34. The minimum atomic E-state index is -2.82. The van der Waals surface area contributed by atoms with E-state index in [1.54, 1.807) is 31.3 Å². The Morgan fingerprint density at radius 1 is 1.28 bits per heavy atom. The number of likely N-dealkylation sites (tertiary alicyclic amines) is 1. The van der Waals surface area contributed by atoms with Crippen LogP contribution in [0.2, 0.25) is 0 Å². The van der Waals surface area contributed by atoms with E-state index in [0.717, 1.165) is 19.1 Å². The summed E-state index contributed by atoms with van der Waals surface area (Å²) in [7, 11) is 1.71. The maximum absolute atomic E-state index is 12.5. The van der Waals surface area contributed by atoms with E-state index in [1.165, 1.54) is 25.8 Å². The van der Waals surface area contributed by atoms with Crippen LogP contribution in [0.15, 0.2) is 29.3 Å². The first-order chi connectivity index (χ1) is 12.2. The lowest BCUT2D eigenvalue weighted by Gasteiger charge is -2.17. The number of nitrogens with zero attached hydrogens (tertiary/aromatic N) is 2. The molecule has 0 aromatic heterocycles. The van der Waals surface area contributed by atoms with Crippen LogP contribution >= 0.6 is 0 Å². The van der Waals surface area contributed by atoms with Crippen molar-refractivity contribution in [3.63, 3.8) is 0 Å². The molecular formula is C18H26F2N4O. The van der Waals surface area contributed by atoms with Gasteiger partial charge in [0.2, 0.25) is 0 Å². The number of benzene rings is 1. The predicted octanol–water partition coefficient (Wildman–Crippen LogP) is 2.44. The molecule has 2 aliphatic rings. The first-order valence-corrected chi connectivity index (χ1v) is 8.87. The van der Waals surface area contributed by atoms with E-state index >= 15 is 0 Å². The van der Waals surface area contributed by atoms with Crippen molar-refractivity contribution in [3.05, 3.63) is 29.8 Å². The van der Waals surface area contributed by atoms with Gasteiger partial charge in [-0.3, -0.25) is 4.99 Å². The van der Waals surface area contributed by atoms with Gasteiger partial charge in [-0.2, -0.15) is 8.78 Å². The fourth-order valence-electron chi connectivity index (χ4n) is 3.30. The van der Waals surface area contributed by atoms with Gasteiger partial charge >= 0.3 is 6.61 Å². The largest absolute Gasteiger partial charge is 0.434 e. The Hall–Kier alpha value is -1.89. The van der Waals surface area contributed by atoms with E-state index in [1.807, 2.05) is 0 Å². The molecule has 1 unspecified atom stereocenters. The molecule has 1 aromatic rings. The summed E-state index contributed by atoms with van der Waals surface area (Å²) in [5, 5.41) is 6.52. The van der Waals surface area contributed by atoms with Gasteiger partial charge in [-0.15, -0.1) is 0 Å². The third-order valence-electron chi connectivity index (χ3n) is 4.80. The minimum Gasteiger partial charge on any atom is -0.434 e. The Morgan fingerprint density at radius 3 is 2.80 bits per heavy atom. The minimum absolute atomic E-state index is 0.191. The number of ether oxygens (including phenoxy) is 1. The summed E-state index contributed by atoms with van der Waals surface area (Å²) in [6, 6.07) is 7.62. The van der Waals surface area contributed by atoms with Crippen molar-refractivity contribution in [1.29, 1.82) is 0 Å². The van der Waals surface area contributed by atoms with Crippen LogP contribution in [-0.4, -0.2) is 50.2 Å². The predicted molar refractivity (Wildman–Crippen MR) is 94.0 cm³/mol. The second kappa shape index (κ2) is 8.47. The van der Waals surface area contributed by atoms with Crippen LogP contribution in [0.1, 0.15) is 24.8 Å². The second-order valence-corrected chi connectivity index (χ2v) is 6.67. The maximum Gasteiger partial charge on any atom is 0.387 e. The standard InChI is InChI=1S/C18H26F2N4O/c1-21-18(22-10-13-8-9-24(12-13)15-6-7-15)23-11-14-4-2-3-5-16(14)25-17(19)20/h2-5,13,15,17H,6-12H2,1H3,(H2,21,22,23). The molecular weight excluding hydrogens is 326 g/mol. The number of nitrogens with one attached hydrogen (secondary N) is 2.